The second-order valence-corrected chi connectivity index (χ2v) is 15.6. The van der Waals surface area contributed by atoms with Gasteiger partial charge in [-0.1, -0.05) is 161 Å². The molecule has 51 heavy (non-hydrogen) atoms. The molecule has 0 N–H and O–H groups in total. The molecule has 1 heterocycles. The third-order valence-electron chi connectivity index (χ3n) is 12.2. The summed E-state index contributed by atoms with van der Waals surface area (Å²) in [6, 6.07) is 53.7. The summed E-state index contributed by atoms with van der Waals surface area (Å²) in [5.41, 5.74) is 17.5. The summed E-state index contributed by atoms with van der Waals surface area (Å²) in [5, 5.41) is 7.53. The van der Waals surface area contributed by atoms with Crippen molar-refractivity contribution in [3.8, 4) is 44.5 Å². The zero-order valence-electron chi connectivity index (χ0n) is 29.3. The first-order valence-corrected chi connectivity index (χ1v) is 18.1. The normalized spacial score (nSPS) is 15.0. The second kappa shape index (κ2) is 9.86. The molecule has 1 heteroatoms. The van der Waals surface area contributed by atoms with Gasteiger partial charge in [0.05, 0.1) is 0 Å². The predicted octanol–water partition coefficient (Wildman–Crippen LogP) is 13.8. The van der Waals surface area contributed by atoms with Crippen LogP contribution in [0.3, 0.4) is 0 Å². The molecule has 242 valence electrons. The van der Waals surface area contributed by atoms with E-state index in [1.54, 1.807) is 0 Å². The van der Waals surface area contributed by atoms with Gasteiger partial charge in [-0.3, -0.25) is 0 Å². The SMILES string of the molecule is CC1(C)c2ccccc2-c2c1c1c(c3c2oc2ccccc23)-c2cc(-c3c4ccccc4c(-c4ccccc4)c4ccccc34)ccc2C1(C)C. The summed E-state index contributed by atoms with van der Waals surface area (Å²) in [6.45, 7) is 9.68. The zero-order chi connectivity index (χ0) is 34.2. The third-order valence-corrected chi connectivity index (χ3v) is 12.2. The maximum absolute atomic E-state index is 6.94. The number of para-hydroxylation sites is 1. The van der Waals surface area contributed by atoms with Crippen molar-refractivity contribution < 1.29 is 4.42 Å². The maximum Gasteiger partial charge on any atom is 0.144 e. The van der Waals surface area contributed by atoms with Crippen molar-refractivity contribution >= 4 is 43.5 Å². The van der Waals surface area contributed by atoms with Crippen molar-refractivity contribution in [3.05, 3.63) is 168 Å². The summed E-state index contributed by atoms with van der Waals surface area (Å²) in [5.74, 6) is 0. The molecule has 0 fully saturated rings. The minimum Gasteiger partial charge on any atom is -0.455 e. The predicted molar refractivity (Wildman–Crippen MR) is 215 cm³/mol. The standard InChI is InChI=1S/C50H36O/c1-49(2)38-24-14-12-22-35(38)45-47(49)46-43(44-36-23-13-15-25-40(36)51-48(44)45)37-28-30(26-27-39(37)50(46,3)4)42-33-20-10-8-18-31(33)41(29-16-6-5-7-17-29)32-19-9-11-21-34(32)42/h5-28H,1-4H3. The monoisotopic (exact) mass is 652 g/mol. The number of rotatable bonds is 2. The molecule has 0 saturated heterocycles. The van der Waals surface area contributed by atoms with Crippen molar-refractivity contribution in [2.75, 3.05) is 0 Å². The number of furan rings is 1. The number of fused-ring (bicyclic) bond motifs is 14. The van der Waals surface area contributed by atoms with E-state index < -0.39 is 0 Å². The van der Waals surface area contributed by atoms with Gasteiger partial charge in [-0.15, -0.1) is 0 Å². The van der Waals surface area contributed by atoms with Gasteiger partial charge in [0.15, 0.2) is 0 Å². The van der Waals surface area contributed by atoms with Crippen LogP contribution in [0.2, 0.25) is 0 Å². The molecule has 9 aromatic rings. The van der Waals surface area contributed by atoms with Crippen LogP contribution in [0.1, 0.15) is 49.9 Å². The Kier molecular flexibility index (Phi) is 5.58. The smallest absolute Gasteiger partial charge is 0.144 e. The van der Waals surface area contributed by atoms with Gasteiger partial charge in [0, 0.05) is 27.2 Å². The molecule has 1 aromatic heterocycles. The summed E-state index contributed by atoms with van der Waals surface area (Å²) in [4.78, 5) is 0. The molecule has 0 spiro atoms. The summed E-state index contributed by atoms with van der Waals surface area (Å²) in [6.07, 6.45) is 0. The summed E-state index contributed by atoms with van der Waals surface area (Å²) in [7, 11) is 0. The van der Waals surface area contributed by atoms with E-state index in [-0.39, 0.29) is 10.8 Å². The lowest BCUT2D eigenvalue weighted by molar-refractivity contribution is 0.600. The molecule has 0 atom stereocenters. The van der Waals surface area contributed by atoms with Gasteiger partial charge in [0.25, 0.3) is 0 Å². The van der Waals surface area contributed by atoms with E-state index in [0.717, 1.165) is 11.2 Å². The van der Waals surface area contributed by atoms with Gasteiger partial charge >= 0.3 is 0 Å². The molecular weight excluding hydrogens is 617 g/mol. The van der Waals surface area contributed by atoms with E-state index in [4.69, 9.17) is 4.42 Å². The van der Waals surface area contributed by atoms with Crippen molar-refractivity contribution in [3.63, 3.8) is 0 Å². The molecule has 0 saturated carbocycles. The number of hydrogen-bond acceptors (Lipinski definition) is 1. The van der Waals surface area contributed by atoms with E-state index in [0.29, 0.717) is 0 Å². The Hall–Kier alpha value is -5.92. The minimum atomic E-state index is -0.208. The van der Waals surface area contributed by atoms with Crippen LogP contribution in [0, 0.1) is 0 Å². The van der Waals surface area contributed by atoms with Crippen LogP contribution < -0.4 is 0 Å². The molecule has 11 rings (SSSR count). The highest BCUT2D eigenvalue weighted by Gasteiger charge is 2.48. The highest BCUT2D eigenvalue weighted by Crippen LogP contribution is 2.63. The first-order chi connectivity index (χ1) is 24.9. The van der Waals surface area contributed by atoms with Gasteiger partial charge in [-0.2, -0.15) is 0 Å². The van der Waals surface area contributed by atoms with Crippen LogP contribution >= 0.6 is 0 Å². The Morgan fingerprint density at radius 1 is 0.392 bits per heavy atom. The summed E-state index contributed by atoms with van der Waals surface area (Å²) < 4.78 is 6.94. The Morgan fingerprint density at radius 3 is 1.57 bits per heavy atom. The average molecular weight is 653 g/mol. The molecule has 0 radical (unpaired) electrons. The Bertz CT molecular complexity index is 2900. The highest BCUT2D eigenvalue weighted by molar-refractivity contribution is 6.23. The van der Waals surface area contributed by atoms with Gasteiger partial charge in [-0.25, -0.2) is 0 Å². The number of hydrogen-bond donors (Lipinski definition) is 0. The van der Waals surface area contributed by atoms with Crippen molar-refractivity contribution in [1.29, 1.82) is 0 Å². The van der Waals surface area contributed by atoms with Gasteiger partial charge in [-0.05, 0) is 94.9 Å². The fraction of sp³-hybridized carbons (Fsp3) is 0.120. The van der Waals surface area contributed by atoms with Crippen molar-refractivity contribution in [1.82, 2.24) is 0 Å². The Labute approximate surface area is 297 Å². The third kappa shape index (κ3) is 3.61. The van der Waals surface area contributed by atoms with Crippen LogP contribution in [0.25, 0.3) is 88.0 Å². The van der Waals surface area contributed by atoms with Crippen LogP contribution in [0.4, 0.5) is 0 Å². The first-order valence-electron chi connectivity index (χ1n) is 18.1. The fourth-order valence-electron chi connectivity index (χ4n) is 10.1. The molecule has 1 nitrogen and oxygen atoms in total. The first kappa shape index (κ1) is 28.9. The lowest BCUT2D eigenvalue weighted by Crippen LogP contribution is -2.24. The average Bonchev–Trinajstić information content (AvgIpc) is 3.73. The molecule has 0 aliphatic heterocycles. The molecule has 8 aromatic carbocycles. The number of benzene rings is 8. The summed E-state index contributed by atoms with van der Waals surface area (Å²) >= 11 is 0. The van der Waals surface area contributed by atoms with Crippen molar-refractivity contribution in [2.45, 2.75) is 38.5 Å². The minimum absolute atomic E-state index is 0.176. The second-order valence-electron chi connectivity index (χ2n) is 15.6. The van der Waals surface area contributed by atoms with E-state index >= 15 is 0 Å². The molecule has 0 bridgehead atoms. The lowest BCUT2D eigenvalue weighted by atomic mass is 9.72. The molecule has 0 unspecified atom stereocenters. The largest absolute Gasteiger partial charge is 0.455 e. The molecular formula is C50H36O. The molecule has 2 aliphatic carbocycles. The van der Waals surface area contributed by atoms with E-state index in [1.807, 2.05) is 0 Å². The van der Waals surface area contributed by atoms with Crippen LogP contribution in [0.15, 0.2) is 150 Å². The van der Waals surface area contributed by atoms with E-state index in [2.05, 4.69) is 173 Å². The lowest BCUT2D eigenvalue weighted by Gasteiger charge is -2.31. The van der Waals surface area contributed by atoms with Gasteiger partial charge in [0.1, 0.15) is 11.2 Å². The van der Waals surface area contributed by atoms with Crippen LogP contribution in [0.5, 0.6) is 0 Å². The molecule has 2 aliphatic rings. The molecule has 0 amide bonds. The quantitative estimate of drug-likeness (QED) is 0.169. The maximum atomic E-state index is 6.94. The fourth-order valence-corrected chi connectivity index (χ4v) is 10.1. The van der Waals surface area contributed by atoms with Crippen molar-refractivity contribution in [2.24, 2.45) is 0 Å². The van der Waals surface area contributed by atoms with Gasteiger partial charge in [0.2, 0.25) is 0 Å². The van der Waals surface area contributed by atoms with Crippen LogP contribution in [-0.4, -0.2) is 0 Å². The highest BCUT2D eigenvalue weighted by atomic mass is 16.3. The Balaban J connectivity index is 1.28. The topological polar surface area (TPSA) is 13.1 Å². The van der Waals surface area contributed by atoms with Crippen LogP contribution in [-0.2, 0) is 10.8 Å². The Morgan fingerprint density at radius 2 is 0.902 bits per heavy atom. The zero-order valence-corrected chi connectivity index (χ0v) is 29.3. The van der Waals surface area contributed by atoms with E-state index in [9.17, 15) is 0 Å². The van der Waals surface area contributed by atoms with E-state index in [1.165, 1.54) is 99.1 Å². The van der Waals surface area contributed by atoms with Gasteiger partial charge < -0.3 is 4.42 Å².